The first kappa shape index (κ1) is 23.4. The van der Waals surface area contributed by atoms with Gasteiger partial charge in [0.1, 0.15) is 6.04 Å². The normalized spacial score (nSPS) is 18.3. The first-order chi connectivity index (χ1) is 16.9. The maximum absolute atomic E-state index is 14.2. The number of nitrogens with two attached hydrogens (primary N) is 1. The molecule has 3 unspecified atom stereocenters. The summed E-state index contributed by atoms with van der Waals surface area (Å²) in [4.78, 5) is 25.5. The minimum absolute atomic E-state index is 0.0184. The fourth-order valence-electron chi connectivity index (χ4n) is 5.41. The fourth-order valence-corrected chi connectivity index (χ4v) is 5.41. The third-order valence-corrected chi connectivity index (χ3v) is 7.29. The molecule has 5 rings (SSSR count). The lowest BCUT2D eigenvalue weighted by Gasteiger charge is -2.32. The van der Waals surface area contributed by atoms with Crippen molar-refractivity contribution in [1.29, 1.82) is 0 Å². The van der Waals surface area contributed by atoms with Gasteiger partial charge >= 0.3 is 5.97 Å². The molecule has 1 saturated carbocycles. The summed E-state index contributed by atoms with van der Waals surface area (Å²) in [6.45, 7) is 0.123. The van der Waals surface area contributed by atoms with Crippen molar-refractivity contribution in [1.82, 2.24) is 4.57 Å². The topological polar surface area (TPSA) is 124 Å². The highest BCUT2D eigenvalue weighted by Crippen LogP contribution is 2.40. The Morgan fingerprint density at radius 3 is 2.57 bits per heavy atom. The van der Waals surface area contributed by atoms with Crippen LogP contribution in [0.3, 0.4) is 0 Å². The minimum Gasteiger partial charge on any atom is -0.480 e. The number of carbonyl (C=O) groups is 2. The summed E-state index contributed by atoms with van der Waals surface area (Å²) >= 11 is 0. The first-order valence-electron chi connectivity index (χ1n) is 12.1. The van der Waals surface area contributed by atoms with Crippen LogP contribution in [0.2, 0.25) is 0 Å². The number of fused-ring (bicyclic) bond motifs is 2. The molecule has 2 heterocycles. The van der Waals surface area contributed by atoms with E-state index in [1.165, 1.54) is 0 Å². The van der Waals surface area contributed by atoms with Gasteiger partial charge < -0.3 is 25.4 Å². The average Bonchev–Trinajstić information content (AvgIpc) is 3.49. The number of aliphatic carboxylic acids is 1. The van der Waals surface area contributed by atoms with Gasteiger partial charge in [-0.25, -0.2) is 0 Å². The van der Waals surface area contributed by atoms with Crippen molar-refractivity contribution >= 4 is 22.8 Å². The van der Waals surface area contributed by atoms with Gasteiger partial charge in [0.2, 0.25) is 12.7 Å². The highest BCUT2D eigenvalue weighted by atomic mass is 16.7. The highest BCUT2D eigenvalue weighted by molar-refractivity contribution is 5.98. The van der Waals surface area contributed by atoms with Crippen molar-refractivity contribution in [2.45, 2.75) is 56.6 Å². The molecule has 0 saturated heterocycles. The summed E-state index contributed by atoms with van der Waals surface area (Å²) in [6, 6.07) is 11.7. The van der Waals surface area contributed by atoms with Crippen LogP contribution in [0.15, 0.2) is 48.7 Å². The molecule has 0 spiro atoms. The van der Waals surface area contributed by atoms with Crippen molar-refractivity contribution in [2.75, 3.05) is 6.79 Å². The molecular weight excluding hydrogens is 448 g/mol. The number of hydrogen-bond donors (Lipinski definition) is 3. The Bertz CT molecular complexity index is 1250. The van der Waals surface area contributed by atoms with Crippen LogP contribution in [0, 0.1) is 5.92 Å². The third kappa shape index (κ3) is 4.51. The van der Waals surface area contributed by atoms with E-state index in [9.17, 15) is 19.8 Å². The monoisotopic (exact) mass is 478 g/mol. The number of aliphatic hydroxyl groups excluding tert-OH is 1. The summed E-state index contributed by atoms with van der Waals surface area (Å²) in [6.07, 6.45) is 5.86. The first-order valence-corrected chi connectivity index (χ1v) is 12.1. The molecule has 2 aliphatic rings. The highest BCUT2D eigenvalue weighted by Gasteiger charge is 2.37. The molecule has 8 nitrogen and oxygen atoms in total. The Morgan fingerprint density at radius 2 is 1.80 bits per heavy atom. The van der Waals surface area contributed by atoms with Crippen LogP contribution >= 0.6 is 0 Å². The minimum atomic E-state index is -1.10. The smallest absolute Gasteiger partial charge is 0.320 e. The lowest BCUT2D eigenvalue weighted by molar-refractivity contribution is -0.138. The van der Waals surface area contributed by atoms with Gasteiger partial charge in [-0.1, -0.05) is 43.5 Å². The second kappa shape index (κ2) is 9.71. The molecule has 0 radical (unpaired) electrons. The maximum atomic E-state index is 14.2. The van der Waals surface area contributed by atoms with Gasteiger partial charge in [0, 0.05) is 18.0 Å². The van der Waals surface area contributed by atoms with Crippen molar-refractivity contribution < 1.29 is 29.3 Å². The van der Waals surface area contributed by atoms with Gasteiger partial charge in [-0.15, -0.1) is 0 Å². The molecule has 3 atom stereocenters. The average molecular weight is 479 g/mol. The zero-order valence-electron chi connectivity index (χ0n) is 19.4. The Kier molecular flexibility index (Phi) is 6.49. The van der Waals surface area contributed by atoms with E-state index in [0.717, 1.165) is 37.5 Å². The summed E-state index contributed by atoms with van der Waals surface area (Å²) in [5.74, 6) is -0.994. The van der Waals surface area contributed by atoms with E-state index in [1.807, 2.05) is 30.3 Å². The number of rotatable bonds is 7. The van der Waals surface area contributed by atoms with Gasteiger partial charge in [0.05, 0.1) is 17.5 Å². The molecule has 1 aliphatic heterocycles. The standard InChI is InChI=1S/C27H30N2O6/c28-20(27(32)33)12-18-14-29(21-9-5-4-8-19(18)21)26(31)24(25(30)16-6-2-1-3-7-16)17-10-11-22-23(13-17)35-15-34-22/h4-5,8-11,13-14,16,20,24-25,30H,1-3,6-7,12,15,28H2,(H,32,33). The Morgan fingerprint density at radius 1 is 1.06 bits per heavy atom. The molecule has 4 N–H and O–H groups in total. The van der Waals surface area contributed by atoms with Gasteiger partial charge in [-0.05, 0) is 48.1 Å². The van der Waals surface area contributed by atoms with Crippen LogP contribution in [0.25, 0.3) is 10.9 Å². The maximum Gasteiger partial charge on any atom is 0.320 e. The van der Waals surface area contributed by atoms with E-state index in [1.54, 1.807) is 22.9 Å². The molecule has 0 amide bonds. The number of ether oxygens (including phenoxy) is 2. The lowest BCUT2D eigenvalue weighted by atomic mass is 9.77. The Hall–Kier alpha value is -3.36. The summed E-state index contributed by atoms with van der Waals surface area (Å²) in [5, 5.41) is 21.6. The van der Waals surface area contributed by atoms with Gasteiger partial charge in [-0.2, -0.15) is 0 Å². The molecule has 1 aliphatic carbocycles. The molecule has 1 fully saturated rings. The number of carboxylic acid groups (broad SMARTS) is 1. The van der Waals surface area contributed by atoms with Crippen molar-refractivity contribution in [2.24, 2.45) is 11.7 Å². The zero-order valence-corrected chi connectivity index (χ0v) is 19.4. The van der Waals surface area contributed by atoms with E-state index in [4.69, 9.17) is 15.2 Å². The largest absolute Gasteiger partial charge is 0.480 e. The van der Waals surface area contributed by atoms with E-state index >= 15 is 0 Å². The number of carbonyl (C=O) groups excluding carboxylic acids is 1. The van der Waals surface area contributed by atoms with E-state index in [-0.39, 0.29) is 25.0 Å². The quantitative estimate of drug-likeness (QED) is 0.473. The molecule has 1 aromatic heterocycles. The molecule has 8 heteroatoms. The van der Waals surface area contributed by atoms with Crippen LogP contribution in [-0.2, 0) is 11.2 Å². The van der Waals surface area contributed by atoms with Crippen molar-refractivity contribution in [3.05, 3.63) is 59.8 Å². The van der Waals surface area contributed by atoms with Gasteiger partial charge in [0.25, 0.3) is 0 Å². The van der Waals surface area contributed by atoms with Crippen LogP contribution in [0.1, 0.15) is 53.9 Å². The SMILES string of the molecule is NC(Cc1cn(C(=O)C(c2ccc3c(c2)OCO3)C(O)C2CCCCC2)c2ccccc12)C(=O)O. The molecule has 35 heavy (non-hydrogen) atoms. The van der Waals surface area contributed by atoms with Crippen LogP contribution in [0.4, 0.5) is 0 Å². The number of para-hydroxylation sites is 1. The summed E-state index contributed by atoms with van der Waals surface area (Å²) in [7, 11) is 0. The lowest BCUT2D eigenvalue weighted by Crippen LogP contribution is -2.36. The number of carboxylic acids is 1. The van der Waals surface area contributed by atoms with E-state index in [2.05, 4.69) is 0 Å². The fraction of sp³-hybridized carbons (Fsp3) is 0.407. The summed E-state index contributed by atoms with van der Waals surface area (Å²) < 4.78 is 12.5. The Labute approximate surface area is 203 Å². The van der Waals surface area contributed by atoms with E-state index < -0.39 is 24.0 Å². The molecule has 3 aromatic rings. The zero-order chi connectivity index (χ0) is 24.5. The number of aromatic nitrogens is 1. The number of aliphatic hydroxyl groups is 1. The van der Waals surface area contributed by atoms with E-state index in [0.29, 0.717) is 28.1 Å². The molecule has 2 aromatic carbocycles. The summed E-state index contributed by atoms with van der Waals surface area (Å²) in [5.41, 5.74) is 7.82. The number of hydrogen-bond acceptors (Lipinski definition) is 6. The molecular formula is C27H30N2O6. The molecule has 184 valence electrons. The molecule has 0 bridgehead atoms. The number of nitrogens with zero attached hydrogens (tertiary/aromatic N) is 1. The predicted molar refractivity (Wildman–Crippen MR) is 130 cm³/mol. The van der Waals surface area contributed by atoms with Crippen molar-refractivity contribution in [3.8, 4) is 11.5 Å². The van der Waals surface area contributed by atoms with Crippen molar-refractivity contribution in [3.63, 3.8) is 0 Å². The van der Waals surface area contributed by atoms with Crippen LogP contribution < -0.4 is 15.2 Å². The third-order valence-electron chi connectivity index (χ3n) is 7.29. The number of benzene rings is 2. The predicted octanol–water partition coefficient (Wildman–Crippen LogP) is 3.69. The van der Waals surface area contributed by atoms with Crippen LogP contribution in [0.5, 0.6) is 11.5 Å². The second-order valence-corrected chi connectivity index (χ2v) is 9.51. The Balaban J connectivity index is 1.57. The second-order valence-electron chi connectivity index (χ2n) is 9.51. The van der Waals surface area contributed by atoms with Crippen LogP contribution in [-0.4, -0.2) is 45.6 Å². The van der Waals surface area contributed by atoms with Gasteiger partial charge in [0.15, 0.2) is 11.5 Å². The van der Waals surface area contributed by atoms with Gasteiger partial charge in [-0.3, -0.25) is 14.2 Å².